The topological polar surface area (TPSA) is 24.5 Å². The maximum Gasteiger partial charge on any atom is 0.0678 e. The summed E-state index contributed by atoms with van der Waals surface area (Å²) in [6.45, 7) is 7.85. The van der Waals surface area contributed by atoms with Crippen molar-refractivity contribution in [2.24, 2.45) is 5.92 Å². The van der Waals surface area contributed by atoms with Crippen molar-refractivity contribution in [1.29, 1.82) is 0 Å². The highest BCUT2D eigenvalue weighted by atomic mass is 16.5. The monoisotopic (exact) mass is 226 g/mol. The summed E-state index contributed by atoms with van der Waals surface area (Å²) in [5.74, 6) is 0.850. The molecule has 0 radical (unpaired) electrons. The van der Waals surface area contributed by atoms with E-state index in [1.807, 2.05) is 0 Å². The van der Waals surface area contributed by atoms with Crippen LogP contribution in [-0.2, 0) is 4.74 Å². The normalized spacial score (nSPS) is 41.4. The number of hydrogen-bond donors (Lipinski definition) is 1. The molecule has 1 aliphatic heterocycles. The van der Waals surface area contributed by atoms with Gasteiger partial charge in [0.25, 0.3) is 0 Å². The van der Waals surface area contributed by atoms with Gasteiger partial charge in [0.2, 0.25) is 0 Å². The summed E-state index contributed by atoms with van der Waals surface area (Å²) in [5.41, 5.74) is 0. The predicted molar refractivity (Wildman–Crippen MR) is 66.6 cm³/mol. The summed E-state index contributed by atoms with van der Waals surface area (Å²) in [5, 5.41) is 3.47. The van der Waals surface area contributed by atoms with Gasteiger partial charge in [-0.2, -0.15) is 0 Å². The van der Waals surface area contributed by atoms with E-state index in [4.69, 9.17) is 4.74 Å². The fourth-order valence-electron chi connectivity index (χ4n) is 3.40. The first-order valence-electron chi connectivity index (χ1n) is 6.74. The highest BCUT2D eigenvalue weighted by molar-refractivity contribution is 4.86. The lowest BCUT2D eigenvalue weighted by molar-refractivity contribution is -0.0718. The Hall–Kier alpha value is -0.120. The fourth-order valence-corrected chi connectivity index (χ4v) is 3.40. The molecule has 3 nitrogen and oxygen atoms in total. The Labute approximate surface area is 99.5 Å². The molecule has 2 unspecified atom stereocenters. The Bertz CT molecular complexity index is 212. The zero-order chi connectivity index (χ0) is 11.5. The van der Waals surface area contributed by atoms with Crippen molar-refractivity contribution >= 4 is 0 Å². The third-order valence-corrected chi connectivity index (χ3v) is 4.02. The first-order chi connectivity index (χ1) is 7.69. The van der Waals surface area contributed by atoms with Crippen LogP contribution in [0.2, 0.25) is 0 Å². The molecule has 1 saturated heterocycles. The molecule has 0 spiro atoms. The molecule has 2 fully saturated rings. The van der Waals surface area contributed by atoms with E-state index in [-0.39, 0.29) is 0 Å². The largest absolute Gasteiger partial charge is 0.373 e. The number of morpholine rings is 1. The van der Waals surface area contributed by atoms with E-state index in [0.29, 0.717) is 12.2 Å². The Morgan fingerprint density at radius 1 is 1.19 bits per heavy atom. The van der Waals surface area contributed by atoms with Gasteiger partial charge in [-0.05, 0) is 39.7 Å². The van der Waals surface area contributed by atoms with Gasteiger partial charge in [0, 0.05) is 25.7 Å². The van der Waals surface area contributed by atoms with Crippen molar-refractivity contribution in [3.8, 4) is 0 Å². The highest BCUT2D eigenvalue weighted by Gasteiger charge is 2.30. The summed E-state index contributed by atoms with van der Waals surface area (Å²) in [6.07, 6.45) is 4.95. The minimum absolute atomic E-state index is 0.401. The van der Waals surface area contributed by atoms with Gasteiger partial charge in [0.15, 0.2) is 0 Å². The van der Waals surface area contributed by atoms with Crippen LogP contribution in [0.25, 0.3) is 0 Å². The van der Waals surface area contributed by atoms with E-state index in [1.54, 1.807) is 0 Å². The molecular formula is C13H26N2O. The van der Waals surface area contributed by atoms with Gasteiger partial charge in [0.05, 0.1) is 12.2 Å². The third-order valence-electron chi connectivity index (χ3n) is 4.02. The van der Waals surface area contributed by atoms with E-state index in [9.17, 15) is 0 Å². The number of rotatable bonds is 3. The lowest BCUT2D eigenvalue weighted by Crippen LogP contribution is -2.48. The average Bonchev–Trinajstić information content (AvgIpc) is 2.63. The molecule has 2 rings (SSSR count). The van der Waals surface area contributed by atoms with Gasteiger partial charge in [-0.15, -0.1) is 0 Å². The smallest absolute Gasteiger partial charge is 0.0678 e. The Morgan fingerprint density at radius 3 is 2.50 bits per heavy atom. The SMILES string of the molecule is CNC1CCCC1CN1C[C@@H](C)O[C@@H](C)C1. The van der Waals surface area contributed by atoms with Crippen molar-refractivity contribution in [2.75, 3.05) is 26.7 Å². The van der Waals surface area contributed by atoms with Crippen LogP contribution < -0.4 is 5.32 Å². The first-order valence-corrected chi connectivity index (χ1v) is 6.74. The second kappa shape index (κ2) is 5.48. The van der Waals surface area contributed by atoms with Crippen LogP contribution in [0.15, 0.2) is 0 Å². The summed E-state index contributed by atoms with van der Waals surface area (Å²) in [7, 11) is 2.10. The van der Waals surface area contributed by atoms with Crippen LogP contribution in [-0.4, -0.2) is 49.8 Å². The second-order valence-electron chi connectivity index (χ2n) is 5.56. The maximum atomic E-state index is 5.78. The molecule has 1 N–H and O–H groups in total. The lowest BCUT2D eigenvalue weighted by Gasteiger charge is -2.37. The van der Waals surface area contributed by atoms with Gasteiger partial charge in [0.1, 0.15) is 0 Å². The standard InChI is InChI=1S/C13H26N2O/c1-10-7-15(8-11(2)16-10)9-12-5-4-6-13(12)14-3/h10-14H,4-9H2,1-3H3/t10-,11+,12?,13?. The lowest BCUT2D eigenvalue weighted by atomic mass is 10.0. The molecule has 0 bridgehead atoms. The molecule has 1 heterocycles. The van der Waals surface area contributed by atoms with Crippen molar-refractivity contribution in [1.82, 2.24) is 10.2 Å². The molecule has 3 heteroatoms. The average molecular weight is 226 g/mol. The van der Waals surface area contributed by atoms with E-state index in [1.165, 1.54) is 25.8 Å². The van der Waals surface area contributed by atoms with E-state index < -0.39 is 0 Å². The van der Waals surface area contributed by atoms with Gasteiger partial charge in [-0.3, -0.25) is 4.90 Å². The molecular weight excluding hydrogens is 200 g/mol. The van der Waals surface area contributed by atoms with Crippen LogP contribution in [0.4, 0.5) is 0 Å². The summed E-state index contributed by atoms with van der Waals surface area (Å²) in [4.78, 5) is 2.60. The third kappa shape index (κ3) is 2.96. The Balaban J connectivity index is 1.84. The molecule has 0 aromatic heterocycles. The van der Waals surface area contributed by atoms with Crippen LogP contribution in [0.5, 0.6) is 0 Å². The zero-order valence-corrected chi connectivity index (χ0v) is 10.9. The summed E-state index contributed by atoms with van der Waals surface area (Å²) in [6, 6.07) is 0.744. The zero-order valence-electron chi connectivity index (χ0n) is 10.9. The predicted octanol–water partition coefficient (Wildman–Crippen LogP) is 1.48. The number of nitrogens with one attached hydrogen (secondary N) is 1. The molecule has 1 saturated carbocycles. The van der Waals surface area contributed by atoms with Gasteiger partial charge >= 0.3 is 0 Å². The van der Waals surface area contributed by atoms with E-state index >= 15 is 0 Å². The molecule has 94 valence electrons. The Morgan fingerprint density at radius 2 is 1.88 bits per heavy atom. The van der Waals surface area contributed by atoms with E-state index in [0.717, 1.165) is 25.0 Å². The minimum Gasteiger partial charge on any atom is -0.373 e. The van der Waals surface area contributed by atoms with Crippen molar-refractivity contribution in [3.05, 3.63) is 0 Å². The number of hydrogen-bond acceptors (Lipinski definition) is 3. The van der Waals surface area contributed by atoms with Gasteiger partial charge < -0.3 is 10.1 Å². The van der Waals surface area contributed by atoms with Crippen LogP contribution in [0.3, 0.4) is 0 Å². The second-order valence-corrected chi connectivity index (χ2v) is 5.56. The van der Waals surface area contributed by atoms with Crippen molar-refractivity contribution in [3.63, 3.8) is 0 Å². The Kier molecular flexibility index (Phi) is 4.22. The molecule has 4 atom stereocenters. The quantitative estimate of drug-likeness (QED) is 0.789. The fraction of sp³-hybridized carbons (Fsp3) is 1.00. The highest BCUT2D eigenvalue weighted by Crippen LogP contribution is 2.27. The molecule has 0 aromatic carbocycles. The van der Waals surface area contributed by atoms with Gasteiger partial charge in [-0.1, -0.05) is 6.42 Å². The molecule has 16 heavy (non-hydrogen) atoms. The van der Waals surface area contributed by atoms with Gasteiger partial charge in [-0.25, -0.2) is 0 Å². The maximum absolute atomic E-state index is 5.78. The van der Waals surface area contributed by atoms with Crippen LogP contribution in [0.1, 0.15) is 33.1 Å². The van der Waals surface area contributed by atoms with Crippen molar-refractivity contribution in [2.45, 2.75) is 51.4 Å². The molecule has 0 aromatic rings. The van der Waals surface area contributed by atoms with Crippen LogP contribution in [0, 0.1) is 5.92 Å². The molecule has 1 aliphatic carbocycles. The number of ether oxygens (including phenoxy) is 1. The van der Waals surface area contributed by atoms with Crippen LogP contribution >= 0.6 is 0 Å². The summed E-state index contributed by atoms with van der Waals surface area (Å²) >= 11 is 0. The van der Waals surface area contributed by atoms with Crippen molar-refractivity contribution < 1.29 is 4.74 Å². The summed E-state index contributed by atoms with van der Waals surface area (Å²) < 4.78 is 5.78. The first kappa shape index (κ1) is 12.3. The minimum atomic E-state index is 0.401. The number of nitrogens with zero attached hydrogens (tertiary/aromatic N) is 1. The van der Waals surface area contributed by atoms with E-state index in [2.05, 4.69) is 31.1 Å². The molecule has 0 amide bonds. The molecule has 2 aliphatic rings.